The quantitative estimate of drug-likeness (QED) is 0.252. The van der Waals surface area contributed by atoms with Crippen LogP contribution in [0.5, 0.6) is 5.75 Å². The minimum atomic E-state index is -3.68. The predicted molar refractivity (Wildman–Crippen MR) is 166 cm³/mol. The SMILES string of the molecule is CCC(Oc1ccccc1C)C(=O)Nc1ccc(S(=O)(=O)N2CCN(C(c3ccccc3)c3ccccc3)CC2)cc1. The molecule has 5 rings (SSSR count). The topological polar surface area (TPSA) is 78.9 Å². The predicted octanol–water partition coefficient (Wildman–Crippen LogP) is 5.89. The summed E-state index contributed by atoms with van der Waals surface area (Å²) >= 11 is 0. The van der Waals surface area contributed by atoms with Gasteiger partial charge in [0.25, 0.3) is 5.91 Å². The van der Waals surface area contributed by atoms with E-state index < -0.39 is 16.1 Å². The van der Waals surface area contributed by atoms with Gasteiger partial charge in [-0.3, -0.25) is 9.69 Å². The lowest BCUT2D eigenvalue weighted by molar-refractivity contribution is -0.122. The number of carbonyl (C=O) groups excluding carboxylic acids is 1. The number of nitrogens with one attached hydrogen (secondary N) is 1. The Morgan fingerprint density at radius 1 is 0.786 bits per heavy atom. The van der Waals surface area contributed by atoms with Gasteiger partial charge in [-0.05, 0) is 60.4 Å². The third kappa shape index (κ3) is 6.73. The van der Waals surface area contributed by atoms with Crippen molar-refractivity contribution in [1.82, 2.24) is 9.21 Å². The van der Waals surface area contributed by atoms with E-state index in [0.29, 0.717) is 44.0 Å². The van der Waals surface area contributed by atoms with Crippen molar-refractivity contribution >= 4 is 21.6 Å². The first-order valence-corrected chi connectivity index (χ1v) is 15.8. The summed E-state index contributed by atoms with van der Waals surface area (Å²) in [6.45, 7) is 5.84. The zero-order valence-electron chi connectivity index (χ0n) is 24.0. The highest BCUT2D eigenvalue weighted by Gasteiger charge is 2.32. The minimum Gasteiger partial charge on any atom is -0.480 e. The van der Waals surface area contributed by atoms with Gasteiger partial charge >= 0.3 is 0 Å². The van der Waals surface area contributed by atoms with E-state index in [-0.39, 0.29) is 16.8 Å². The summed E-state index contributed by atoms with van der Waals surface area (Å²) in [6, 6.07) is 34.7. The van der Waals surface area contributed by atoms with Gasteiger partial charge < -0.3 is 10.1 Å². The van der Waals surface area contributed by atoms with Crippen LogP contribution in [0.1, 0.15) is 36.1 Å². The third-order valence-corrected chi connectivity index (χ3v) is 9.57. The van der Waals surface area contributed by atoms with E-state index in [1.807, 2.05) is 74.5 Å². The van der Waals surface area contributed by atoms with Gasteiger partial charge in [-0.15, -0.1) is 0 Å². The number of ether oxygens (including phenoxy) is 1. The van der Waals surface area contributed by atoms with Crippen LogP contribution in [0.15, 0.2) is 114 Å². The highest BCUT2D eigenvalue weighted by molar-refractivity contribution is 7.89. The molecule has 0 saturated carbocycles. The second-order valence-electron chi connectivity index (χ2n) is 10.5. The van der Waals surface area contributed by atoms with Gasteiger partial charge in [-0.2, -0.15) is 4.31 Å². The Morgan fingerprint density at radius 2 is 1.33 bits per heavy atom. The summed E-state index contributed by atoms with van der Waals surface area (Å²) in [4.78, 5) is 15.5. The Balaban J connectivity index is 1.23. The number of aryl methyl sites for hydroxylation is 1. The molecule has 0 aliphatic carbocycles. The molecule has 1 heterocycles. The van der Waals surface area contributed by atoms with Crippen molar-refractivity contribution in [2.45, 2.75) is 37.3 Å². The van der Waals surface area contributed by atoms with Crippen LogP contribution in [-0.4, -0.2) is 55.8 Å². The molecular formula is C34H37N3O4S. The number of hydrogen-bond acceptors (Lipinski definition) is 5. The number of carbonyl (C=O) groups is 1. The van der Waals surface area contributed by atoms with Gasteiger partial charge in [-0.25, -0.2) is 8.42 Å². The number of piperazine rings is 1. The number of rotatable bonds is 10. The average molecular weight is 584 g/mol. The molecule has 1 atom stereocenters. The highest BCUT2D eigenvalue weighted by atomic mass is 32.2. The molecule has 42 heavy (non-hydrogen) atoms. The van der Waals surface area contributed by atoms with Crippen molar-refractivity contribution < 1.29 is 17.9 Å². The Hall–Kier alpha value is -3.98. The molecule has 1 N–H and O–H groups in total. The average Bonchev–Trinajstić information content (AvgIpc) is 3.02. The van der Waals surface area contributed by atoms with Gasteiger partial charge in [0, 0.05) is 31.9 Å². The first-order valence-electron chi connectivity index (χ1n) is 14.3. The largest absolute Gasteiger partial charge is 0.480 e. The van der Waals surface area contributed by atoms with Crippen LogP contribution in [0.4, 0.5) is 5.69 Å². The van der Waals surface area contributed by atoms with E-state index in [1.165, 1.54) is 11.1 Å². The number of para-hydroxylation sites is 1. The number of nitrogens with zero attached hydrogens (tertiary/aromatic N) is 2. The van der Waals surface area contributed by atoms with Gasteiger partial charge in [-0.1, -0.05) is 85.8 Å². The number of hydrogen-bond donors (Lipinski definition) is 1. The van der Waals surface area contributed by atoms with Gasteiger partial charge in [0.05, 0.1) is 10.9 Å². The molecule has 8 heteroatoms. The molecule has 1 aliphatic rings. The third-order valence-electron chi connectivity index (χ3n) is 7.65. The van der Waals surface area contributed by atoms with Crippen molar-refractivity contribution in [3.8, 4) is 5.75 Å². The van der Waals surface area contributed by atoms with Crippen LogP contribution in [-0.2, 0) is 14.8 Å². The Kier molecular flexibility index (Phi) is 9.37. The summed E-state index contributed by atoms with van der Waals surface area (Å²) in [5.41, 5.74) is 3.85. The van der Waals surface area contributed by atoms with Gasteiger partial charge in [0.1, 0.15) is 5.75 Å². The van der Waals surface area contributed by atoms with Crippen molar-refractivity contribution in [3.05, 3.63) is 126 Å². The molecule has 4 aromatic carbocycles. The number of anilines is 1. The summed E-state index contributed by atoms with van der Waals surface area (Å²) in [5.74, 6) is 0.388. The maximum Gasteiger partial charge on any atom is 0.265 e. The second kappa shape index (κ2) is 13.3. The van der Waals surface area contributed by atoms with Crippen molar-refractivity contribution in [2.75, 3.05) is 31.5 Å². The summed E-state index contributed by atoms with van der Waals surface area (Å²) in [6.07, 6.45) is -0.171. The van der Waals surface area contributed by atoms with Gasteiger partial charge in [0.2, 0.25) is 10.0 Å². The van der Waals surface area contributed by atoms with E-state index in [2.05, 4.69) is 34.5 Å². The molecule has 1 fully saturated rings. The Labute approximate surface area is 248 Å². The standard InChI is InChI=1S/C34H37N3O4S/c1-3-31(41-32-17-11-10-12-26(32)2)34(38)35-29-18-20-30(21-19-29)42(39,40)37-24-22-36(23-25-37)33(27-13-6-4-7-14-27)28-15-8-5-9-16-28/h4-21,31,33H,3,22-25H2,1-2H3,(H,35,38). The molecule has 1 aliphatic heterocycles. The Bertz CT molecular complexity index is 1530. The second-order valence-corrected chi connectivity index (χ2v) is 12.4. The zero-order valence-corrected chi connectivity index (χ0v) is 24.8. The summed E-state index contributed by atoms with van der Waals surface area (Å²) in [7, 11) is -3.68. The fourth-order valence-corrected chi connectivity index (χ4v) is 6.76. The van der Waals surface area contributed by atoms with Crippen LogP contribution >= 0.6 is 0 Å². The van der Waals surface area contributed by atoms with E-state index in [4.69, 9.17) is 4.74 Å². The fraction of sp³-hybridized carbons (Fsp3) is 0.265. The van der Waals surface area contributed by atoms with Crippen LogP contribution in [0.2, 0.25) is 0 Å². The minimum absolute atomic E-state index is 0.0573. The molecular weight excluding hydrogens is 546 g/mol. The molecule has 1 amide bonds. The van der Waals surface area contributed by atoms with Crippen LogP contribution in [0.25, 0.3) is 0 Å². The molecule has 0 bridgehead atoms. The van der Waals surface area contributed by atoms with E-state index in [9.17, 15) is 13.2 Å². The van der Waals surface area contributed by atoms with Crippen molar-refractivity contribution in [3.63, 3.8) is 0 Å². The van der Waals surface area contributed by atoms with Crippen molar-refractivity contribution in [2.24, 2.45) is 0 Å². The molecule has 0 spiro atoms. The van der Waals surface area contributed by atoms with E-state index >= 15 is 0 Å². The molecule has 7 nitrogen and oxygen atoms in total. The monoisotopic (exact) mass is 583 g/mol. The lowest BCUT2D eigenvalue weighted by Gasteiger charge is -2.39. The van der Waals surface area contributed by atoms with Crippen LogP contribution in [0.3, 0.4) is 0 Å². The highest BCUT2D eigenvalue weighted by Crippen LogP contribution is 2.30. The lowest BCUT2D eigenvalue weighted by Crippen LogP contribution is -2.49. The lowest BCUT2D eigenvalue weighted by atomic mass is 9.96. The molecule has 0 radical (unpaired) electrons. The van der Waals surface area contributed by atoms with Crippen LogP contribution in [0, 0.1) is 6.92 Å². The fourth-order valence-electron chi connectivity index (χ4n) is 5.33. The Morgan fingerprint density at radius 3 is 1.88 bits per heavy atom. The first kappa shape index (κ1) is 29.5. The smallest absolute Gasteiger partial charge is 0.265 e. The van der Waals surface area contributed by atoms with E-state index in [1.54, 1.807) is 28.6 Å². The normalized spacial score (nSPS) is 15.3. The molecule has 0 aromatic heterocycles. The molecule has 4 aromatic rings. The van der Waals surface area contributed by atoms with Crippen molar-refractivity contribution in [1.29, 1.82) is 0 Å². The molecule has 1 unspecified atom stereocenters. The summed E-state index contributed by atoms with van der Waals surface area (Å²) < 4.78 is 34.6. The maximum atomic E-state index is 13.5. The molecule has 218 valence electrons. The first-order chi connectivity index (χ1) is 20.4. The molecule has 1 saturated heterocycles. The number of sulfonamides is 1. The maximum absolute atomic E-state index is 13.5. The van der Waals surface area contributed by atoms with Crippen LogP contribution < -0.4 is 10.1 Å². The summed E-state index contributed by atoms with van der Waals surface area (Å²) in [5, 5.41) is 2.86. The zero-order chi connectivity index (χ0) is 29.5. The van der Waals surface area contributed by atoms with Gasteiger partial charge in [0.15, 0.2) is 6.10 Å². The van der Waals surface area contributed by atoms with E-state index in [0.717, 1.165) is 5.56 Å². The number of benzene rings is 4. The number of amides is 1.